The van der Waals surface area contributed by atoms with Crippen molar-refractivity contribution in [3.05, 3.63) is 46.6 Å². The predicted molar refractivity (Wildman–Crippen MR) is 107 cm³/mol. The average Bonchev–Trinajstić information content (AvgIpc) is 2.90. The van der Waals surface area contributed by atoms with E-state index in [1.54, 1.807) is 17.7 Å². The number of nitrogens with zero attached hydrogens (tertiary/aromatic N) is 4. The van der Waals surface area contributed by atoms with Gasteiger partial charge in [-0.2, -0.15) is 0 Å². The van der Waals surface area contributed by atoms with Gasteiger partial charge in [0, 0.05) is 36.2 Å². The Balaban J connectivity index is 1.62. The molecule has 3 aromatic rings. The van der Waals surface area contributed by atoms with Crippen molar-refractivity contribution >= 4 is 33.1 Å². The Morgan fingerprint density at radius 2 is 1.80 bits per heavy atom. The number of hydrogen-bond acceptors (Lipinski definition) is 5. The van der Waals surface area contributed by atoms with Crippen LogP contribution in [0.25, 0.3) is 10.2 Å². The van der Waals surface area contributed by atoms with Gasteiger partial charge in [-0.3, -0.25) is 0 Å². The van der Waals surface area contributed by atoms with Crippen LogP contribution < -0.4 is 9.80 Å². The summed E-state index contributed by atoms with van der Waals surface area (Å²) in [5.41, 5.74) is 3.94. The highest BCUT2D eigenvalue weighted by molar-refractivity contribution is 7.18. The van der Waals surface area contributed by atoms with Gasteiger partial charge in [0.1, 0.15) is 17.0 Å². The van der Waals surface area contributed by atoms with Gasteiger partial charge in [0.2, 0.25) is 0 Å². The zero-order chi connectivity index (χ0) is 17.6. The number of anilines is 2. The number of rotatable bonds is 2. The Bertz CT molecular complexity index is 900. The molecule has 1 unspecified atom stereocenters. The van der Waals surface area contributed by atoms with Crippen LogP contribution in [-0.2, 0) is 0 Å². The lowest BCUT2D eigenvalue weighted by Gasteiger charge is -2.42. The molecule has 0 aliphatic carbocycles. The third-order valence-electron chi connectivity index (χ3n) is 5.24. The molecule has 3 heterocycles. The monoisotopic (exact) mass is 352 g/mol. The smallest absolute Gasteiger partial charge is 0.141 e. The van der Waals surface area contributed by atoms with Crippen molar-refractivity contribution in [2.75, 3.05) is 29.4 Å². The van der Waals surface area contributed by atoms with E-state index in [0.29, 0.717) is 6.04 Å². The molecule has 1 aromatic carbocycles. The Hall–Kier alpha value is -2.14. The van der Waals surface area contributed by atoms with Gasteiger partial charge in [0.05, 0.1) is 5.39 Å². The Morgan fingerprint density at radius 3 is 2.52 bits per heavy atom. The number of aryl methyl sites for hydroxylation is 3. The first-order valence-corrected chi connectivity index (χ1v) is 9.65. The summed E-state index contributed by atoms with van der Waals surface area (Å²) in [6.45, 7) is 11.8. The minimum absolute atomic E-state index is 0.446. The van der Waals surface area contributed by atoms with Gasteiger partial charge in [-0.05, 0) is 45.4 Å². The summed E-state index contributed by atoms with van der Waals surface area (Å²) in [5.74, 6) is 1.10. The first-order valence-electron chi connectivity index (χ1n) is 8.83. The van der Waals surface area contributed by atoms with Crippen LogP contribution in [0.4, 0.5) is 11.5 Å². The summed E-state index contributed by atoms with van der Waals surface area (Å²) in [4.78, 5) is 16.5. The van der Waals surface area contributed by atoms with Crippen LogP contribution in [0.2, 0.25) is 0 Å². The Morgan fingerprint density at radius 1 is 1.04 bits per heavy atom. The largest absolute Gasteiger partial charge is 0.365 e. The molecule has 0 N–H and O–H groups in total. The molecule has 4 nitrogen and oxygen atoms in total. The van der Waals surface area contributed by atoms with Crippen LogP contribution in [-0.4, -0.2) is 35.6 Å². The molecule has 1 saturated heterocycles. The Kier molecular flexibility index (Phi) is 4.12. The van der Waals surface area contributed by atoms with Crippen LogP contribution >= 0.6 is 11.3 Å². The molecule has 1 aliphatic rings. The van der Waals surface area contributed by atoms with Crippen molar-refractivity contribution in [2.45, 2.75) is 33.7 Å². The minimum atomic E-state index is 0.446. The maximum atomic E-state index is 4.65. The third kappa shape index (κ3) is 2.86. The van der Waals surface area contributed by atoms with Crippen LogP contribution in [0.3, 0.4) is 0 Å². The fourth-order valence-corrected chi connectivity index (χ4v) is 4.66. The highest BCUT2D eigenvalue weighted by atomic mass is 32.1. The normalized spacial score (nSPS) is 18.2. The second-order valence-electron chi connectivity index (χ2n) is 6.98. The first kappa shape index (κ1) is 16.3. The Labute approximate surface area is 153 Å². The van der Waals surface area contributed by atoms with Crippen LogP contribution in [0.15, 0.2) is 30.6 Å². The molecule has 0 bridgehead atoms. The van der Waals surface area contributed by atoms with Crippen molar-refractivity contribution in [3.8, 4) is 0 Å². The molecule has 5 heteroatoms. The predicted octanol–water partition coefficient (Wildman–Crippen LogP) is 4.33. The highest BCUT2D eigenvalue weighted by Gasteiger charge is 2.26. The first-order chi connectivity index (χ1) is 12.0. The summed E-state index contributed by atoms with van der Waals surface area (Å²) in [7, 11) is 0. The molecule has 130 valence electrons. The van der Waals surface area contributed by atoms with E-state index >= 15 is 0 Å². The third-order valence-corrected chi connectivity index (χ3v) is 6.35. The molecule has 2 aromatic heterocycles. The van der Waals surface area contributed by atoms with Gasteiger partial charge < -0.3 is 9.80 Å². The van der Waals surface area contributed by atoms with E-state index in [9.17, 15) is 0 Å². The lowest BCUT2D eigenvalue weighted by Crippen LogP contribution is -2.52. The van der Waals surface area contributed by atoms with E-state index in [2.05, 4.69) is 71.7 Å². The minimum Gasteiger partial charge on any atom is -0.365 e. The number of hydrogen-bond donors (Lipinski definition) is 0. The number of benzene rings is 1. The second-order valence-corrected chi connectivity index (χ2v) is 8.19. The zero-order valence-electron chi connectivity index (χ0n) is 15.3. The van der Waals surface area contributed by atoms with Crippen molar-refractivity contribution in [2.24, 2.45) is 0 Å². The molecule has 0 amide bonds. The van der Waals surface area contributed by atoms with Crippen LogP contribution in [0.5, 0.6) is 0 Å². The summed E-state index contributed by atoms with van der Waals surface area (Å²) >= 11 is 1.77. The molecular weight excluding hydrogens is 328 g/mol. The summed E-state index contributed by atoms with van der Waals surface area (Å²) in [6, 6.07) is 9.30. The van der Waals surface area contributed by atoms with E-state index < -0.39 is 0 Å². The average molecular weight is 353 g/mol. The standard InChI is InChI=1S/C20H24N4S/c1-13-5-7-17(8-6-13)24-10-9-23(11-14(24)2)19-18-15(3)16(4)25-20(18)22-12-21-19/h5-8,12,14H,9-11H2,1-4H3. The molecule has 1 fully saturated rings. The van der Waals surface area contributed by atoms with Crippen LogP contribution in [0, 0.1) is 20.8 Å². The highest BCUT2D eigenvalue weighted by Crippen LogP contribution is 2.35. The van der Waals surface area contributed by atoms with E-state index in [1.807, 2.05) is 0 Å². The second kappa shape index (κ2) is 6.30. The van der Waals surface area contributed by atoms with E-state index in [1.165, 1.54) is 27.1 Å². The van der Waals surface area contributed by atoms with E-state index in [-0.39, 0.29) is 0 Å². The lowest BCUT2D eigenvalue weighted by atomic mass is 10.1. The van der Waals surface area contributed by atoms with E-state index in [0.717, 1.165) is 30.3 Å². The van der Waals surface area contributed by atoms with Gasteiger partial charge >= 0.3 is 0 Å². The molecule has 0 saturated carbocycles. The fourth-order valence-electron chi connectivity index (χ4n) is 3.67. The van der Waals surface area contributed by atoms with Gasteiger partial charge in [0.25, 0.3) is 0 Å². The quantitative estimate of drug-likeness (QED) is 0.687. The number of fused-ring (bicyclic) bond motifs is 1. The number of thiophene rings is 1. The number of aromatic nitrogens is 2. The van der Waals surface area contributed by atoms with Crippen molar-refractivity contribution in [3.63, 3.8) is 0 Å². The van der Waals surface area contributed by atoms with Crippen molar-refractivity contribution in [1.29, 1.82) is 0 Å². The molecule has 4 rings (SSSR count). The summed E-state index contributed by atoms with van der Waals surface area (Å²) in [5, 5.41) is 1.24. The number of piperazine rings is 1. The molecule has 1 atom stereocenters. The van der Waals surface area contributed by atoms with Gasteiger partial charge in [-0.1, -0.05) is 17.7 Å². The van der Waals surface area contributed by atoms with Crippen molar-refractivity contribution in [1.82, 2.24) is 9.97 Å². The topological polar surface area (TPSA) is 32.3 Å². The molecule has 1 aliphatic heterocycles. The van der Waals surface area contributed by atoms with E-state index in [4.69, 9.17) is 0 Å². The van der Waals surface area contributed by atoms with Gasteiger partial charge in [-0.25, -0.2) is 9.97 Å². The van der Waals surface area contributed by atoms with Gasteiger partial charge in [0.15, 0.2) is 0 Å². The summed E-state index contributed by atoms with van der Waals surface area (Å²) < 4.78 is 0. The zero-order valence-corrected chi connectivity index (χ0v) is 16.1. The van der Waals surface area contributed by atoms with Crippen molar-refractivity contribution < 1.29 is 0 Å². The fraction of sp³-hybridized carbons (Fsp3) is 0.400. The molecule has 25 heavy (non-hydrogen) atoms. The van der Waals surface area contributed by atoms with Crippen LogP contribution in [0.1, 0.15) is 22.9 Å². The molecule has 0 radical (unpaired) electrons. The molecular formula is C20H24N4S. The maximum Gasteiger partial charge on any atom is 0.141 e. The SMILES string of the molecule is Cc1ccc(N2CCN(c3ncnc4sc(C)c(C)c34)CC2C)cc1. The maximum absolute atomic E-state index is 4.65. The van der Waals surface area contributed by atoms with Gasteiger partial charge in [-0.15, -0.1) is 11.3 Å². The molecule has 0 spiro atoms. The lowest BCUT2D eigenvalue weighted by molar-refractivity contribution is 0.548. The summed E-state index contributed by atoms with van der Waals surface area (Å²) in [6.07, 6.45) is 1.71.